The largest absolute Gasteiger partial charge is 0.351 e. The number of amides is 1. The Morgan fingerprint density at radius 2 is 1.97 bits per heavy atom. The second kappa shape index (κ2) is 9.02. The lowest BCUT2D eigenvalue weighted by atomic mass is 10.2. The molecule has 1 aromatic carbocycles. The van der Waals surface area contributed by atoms with Crippen LogP contribution in [0.3, 0.4) is 0 Å². The van der Waals surface area contributed by atoms with E-state index in [9.17, 15) is 9.18 Å². The summed E-state index contributed by atoms with van der Waals surface area (Å²) in [5, 5.41) is 6.46. The smallest absolute Gasteiger partial charge is 0.263 e. The zero-order valence-corrected chi connectivity index (χ0v) is 17.0. The van der Waals surface area contributed by atoms with Gasteiger partial charge in [-0.15, -0.1) is 22.7 Å². The van der Waals surface area contributed by atoms with Crippen molar-refractivity contribution in [2.45, 2.75) is 12.8 Å². The molecule has 3 aromatic heterocycles. The van der Waals surface area contributed by atoms with Crippen molar-refractivity contribution < 1.29 is 9.18 Å². The number of hydrogen-bond acceptors (Lipinski definition) is 6. The van der Waals surface area contributed by atoms with E-state index in [0.29, 0.717) is 22.0 Å². The van der Waals surface area contributed by atoms with Crippen molar-refractivity contribution >= 4 is 28.6 Å². The standard InChI is InChI=1S/C21H17FN4OS2/c22-16-5-2-1-4-15(16)21-25-12-18(29-21)20(27)24-9-3-6-19-26-17(13-28-19)14-7-10-23-11-8-14/h1-2,4-5,7-8,10-13H,3,6,9H2,(H,24,27). The van der Waals surface area contributed by atoms with Crippen molar-refractivity contribution in [3.63, 3.8) is 0 Å². The molecule has 29 heavy (non-hydrogen) atoms. The van der Waals surface area contributed by atoms with Gasteiger partial charge in [0, 0.05) is 41.9 Å². The van der Waals surface area contributed by atoms with Crippen LogP contribution in [-0.4, -0.2) is 27.4 Å². The zero-order valence-electron chi connectivity index (χ0n) is 15.3. The predicted octanol–water partition coefficient (Wildman–Crippen LogP) is 4.83. The fourth-order valence-corrected chi connectivity index (χ4v) is 4.46. The first-order chi connectivity index (χ1) is 14.2. The second-order valence-corrected chi connectivity index (χ2v) is 8.20. The van der Waals surface area contributed by atoms with Crippen molar-refractivity contribution in [1.29, 1.82) is 0 Å². The highest BCUT2D eigenvalue weighted by molar-refractivity contribution is 7.16. The lowest BCUT2D eigenvalue weighted by Crippen LogP contribution is -2.23. The molecule has 0 unspecified atom stereocenters. The lowest BCUT2D eigenvalue weighted by Gasteiger charge is -2.02. The number of pyridine rings is 1. The summed E-state index contributed by atoms with van der Waals surface area (Å²) in [4.78, 5) is 25.6. The van der Waals surface area contributed by atoms with Gasteiger partial charge >= 0.3 is 0 Å². The van der Waals surface area contributed by atoms with Crippen molar-refractivity contribution in [1.82, 2.24) is 20.3 Å². The number of nitrogens with zero attached hydrogens (tertiary/aromatic N) is 3. The first-order valence-corrected chi connectivity index (χ1v) is 10.7. The normalized spacial score (nSPS) is 10.8. The van der Waals surface area contributed by atoms with Gasteiger partial charge < -0.3 is 5.32 Å². The third kappa shape index (κ3) is 4.72. The SMILES string of the molecule is O=C(NCCCc1nc(-c2ccncc2)cs1)c1cnc(-c2ccccc2F)s1. The van der Waals surface area contributed by atoms with Gasteiger partial charge in [0.2, 0.25) is 0 Å². The van der Waals surface area contributed by atoms with Crippen molar-refractivity contribution in [3.8, 4) is 21.8 Å². The van der Waals surface area contributed by atoms with Gasteiger partial charge in [0.1, 0.15) is 15.7 Å². The average Bonchev–Trinajstić information content (AvgIpc) is 3.42. The molecule has 5 nitrogen and oxygen atoms in total. The predicted molar refractivity (Wildman–Crippen MR) is 114 cm³/mol. The van der Waals surface area contributed by atoms with E-state index in [2.05, 4.69) is 20.3 Å². The fourth-order valence-electron chi connectivity index (χ4n) is 2.75. The lowest BCUT2D eigenvalue weighted by molar-refractivity contribution is 0.0957. The first-order valence-electron chi connectivity index (χ1n) is 9.04. The number of nitrogens with one attached hydrogen (secondary N) is 1. The van der Waals surface area contributed by atoms with Gasteiger partial charge in [-0.2, -0.15) is 0 Å². The van der Waals surface area contributed by atoms with E-state index >= 15 is 0 Å². The molecule has 0 aliphatic rings. The zero-order chi connectivity index (χ0) is 20.1. The molecular formula is C21H17FN4OS2. The number of benzene rings is 1. The maximum atomic E-state index is 13.9. The molecule has 1 N–H and O–H groups in total. The topological polar surface area (TPSA) is 67.8 Å². The van der Waals surface area contributed by atoms with E-state index in [-0.39, 0.29) is 11.7 Å². The van der Waals surface area contributed by atoms with Gasteiger partial charge in [0.15, 0.2) is 0 Å². The van der Waals surface area contributed by atoms with Gasteiger partial charge in [0.05, 0.1) is 16.9 Å². The number of carbonyl (C=O) groups is 1. The minimum atomic E-state index is -0.344. The Balaban J connectivity index is 1.28. The molecule has 0 bridgehead atoms. The van der Waals surface area contributed by atoms with Crippen LogP contribution in [0.25, 0.3) is 21.8 Å². The van der Waals surface area contributed by atoms with E-state index in [0.717, 1.165) is 29.1 Å². The number of rotatable bonds is 7. The van der Waals surface area contributed by atoms with E-state index in [1.54, 1.807) is 41.9 Å². The monoisotopic (exact) mass is 424 g/mol. The highest BCUT2D eigenvalue weighted by Gasteiger charge is 2.13. The molecule has 0 radical (unpaired) electrons. The first kappa shape index (κ1) is 19.4. The summed E-state index contributed by atoms with van der Waals surface area (Å²) < 4.78 is 13.9. The molecule has 0 saturated heterocycles. The summed E-state index contributed by atoms with van der Waals surface area (Å²) in [6, 6.07) is 10.3. The van der Waals surface area contributed by atoms with Gasteiger partial charge in [-0.3, -0.25) is 9.78 Å². The summed E-state index contributed by atoms with van der Waals surface area (Å²) in [5.74, 6) is -0.537. The Morgan fingerprint density at radius 3 is 2.79 bits per heavy atom. The highest BCUT2D eigenvalue weighted by Crippen LogP contribution is 2.27. The molecule has 3 heterocycles. The third-order valence-electron chi connectivity index (χ3n) is 4.21. The van der Waals surface area contributed by atoms with Crippen LogP contribution < -0.4 is 5.32 Å². The van der Waals surface area contributed by atoms with Crippen molar-refractivity contribution in [2.24, 2.45) is 0 Å². The number of carbonyl (C=O) groups excluding carboxylic acids is 1. The van der Waals surface area contributed by atoms with Gasteiger partial charge in [0.25, 0.3) is 5.91 Å². The molecule has 8 heteroatoms. The van der Waals surface area contributed by atoms with E-state index in [1.807, 2.05) is 17.5 Å². The minimum absolute atomic E-state index is 0.193. The van der Waals surface area contributed by atoms with Crippen LogP contribution in [0.2, 0.25) is 0 Å². The summed E-state index contributed by atoms with van der Waals surface area (Å²) in [5.41, 5.74) is 2.40. The summed E-state index contributed by atoms with van der Waals surface area (Å²) in [6.45, 7) is 0.538. The van der Waals surface area contributed by atoms with Gasteiger partial charge in [-0.05, 0) is 30.7 Å². The Bertz CT molecular complexity index is 1110. The molecule has 146 valence electrons. The molecule has 0 fully saturated rings. The van der Waals surface area contributed by atoms with Crippen LogP contribution in [0.1, 0.15) is 21.1 Å². The van der Waals surface area contributed by atoms with Crippen LogP contribution in [-0.2, 0) is 6.42 Å². The number of aryl methyl sites for hydroxylation is 1. The van der Waals surface area contributed by atoms with Crippen LogP contribution in [0.5, 0.6) is 0 Å². The maximum Gasteiger partial charge on any atom is 0.263 e. The van der Waals surface area contributed by atoms with Crippen LogP contribution in [0.15, 0.2) is 60.4 Å². The van der Waals surface area contributed by atoms with Crippen LogP contribution in [0, 0.1) is 5.82 Å². The molecule has 4 aromatic rings. The minimum Gasteiger partial charge on any atom is -0.351 e. The molecular weight excluding hydrogens is 407 g/mol. The van der Waals surface area contributed by atoms with E-state index < -0.39 is 0 Å². The average molecular weight is 425 g/mol. The number of halogens is 1. The quantitative estimate of drug-likeness (QED) is 0.432. The summed E-state index contributed by atoms with van der Waals surface area (Å²) in [6.07, 6.45) is 6.57. The van der Waals surface area contributed by atoms with Crippen LogP contribution in [0.4, 0.5) is 4.39 Å². The molecule has 4 rings (SSSR count). The number of hydrogen-bond donors (Lipinski definition) is 1. The van der Waals surface area contributed by atoms with E-state index in [1.165, 1.54) is 23.6 Å². The Morgan fingerprint density at radius 1 is 1.14 bits per heavy atom. The number of aromatic nitrogens is 3. The Kier molecular flexibility index (Phi) is 6.02. The van der Waals surface area contributed by atoms with Crippen molar-refractivity contribution in [3.05, 3.63) is 76.1 Å². The maximum absolute atomic E-state index is 13.9. The molecule has 0 atom stereocenters. The van der Waals surface area contributed by atoms with Crippen molar-refractivity contribution in [2.75, 3.05) is 6.54 Å². The second-order valence-electron chi connectivity index (χ2n) is 6.23. The summed E-state index contributed by atoms with van der Waals surface area (Å²) >= 11 is 2.80. The Hall–Kier alpha value is -2.97. The highest BCUT2D eigenvalue weighted by atomic mass is 32.1. The van der Waals surface area contributed by atoms with Gasteiger partial charge in [-0.1, -0.05) is 12.1 Å². The summed E-state index contributed by atoms with van der Waals surface area (Å²) in [7, 11) is 0. The molecule has 0 aliphatic heterocycles. The molecule has 0 saturated carbocycles. The number of thiazole rings is 2. The van der Waals surface area contributed by atoms with Gasteiger partial charge in [-0.25, -0.2) is 14.4 Å². The third-order valence-corrected chi connectivity index (χ3v) is 6.15. The van der Waals surface area contributed by atoms with Crippen LogP contribution >= 0.6 is 22.7 Å². The fraction of sp³-hybridized carbons (Fsp3) is 0.143. The molecule has 0 spiro atoms. The Labute approximate surface area is 175 Å². The molecule has 0 aliphatic carbocycles. The molecule has 1 amide bonds. The van der Waals surface area contributed by atoms with E-state index in [4.69, 9.17) is 0 Å².